The fourth-order valence-electron chi connectivity index (χ4n) is 0.777. The van der Waals surface area contributed by atoms with E-state index in [1.165, 1.54) is 7.14 Å². The fourth-order valence-corrected chi connectivity index (χ4v) is 2.60. The highest BCUT2D eigenvalue weighted by molar-refractivity contribution is 14.1. The average Bonchev–Trinajstić information content (AvgIpc) is 1.95. The molecule has 1 nitrogen and oxygen atoms in total. The van der Waals surface area contributed by atoms with Gasteiger partial charge in [-0.25, -0.2) is 0 Å². The Morgan fingerprint density at radius 2 is 2.09 bits per heavy atom. The number of benzene rings is 1. The molecule has 0 fully saturated rings. The number of halogens is 2. The summed E-state index contributed by atoms with van der Waals surface area (Å²) >= 11 is 4.50. The molecule has 0 aliphatic rings. The maximum absolute atomic E-state index is 10.2. The van der Waals surface area contributed by atoms with Gasteiger partial charge < -0.3 is 4.79 Å². The zero-order valence-electron chi connectivity index (χ0n) is 5.68. The van der Waals surface area contributed by atoms with Crippen molar-refractivity contribution in [2.75, 3.05) is 0 Å². The summed E-state index contributed by atoms with van der Waals surface area (Å²) in [7, 11) is 0. The predicted molar refractivity (Wildman–Crippen MR) is 61.6 cm³/mol. The van der Waals surface area contributed by atoms with Crippen LogP contribution in [0.25, 0.3) is 0 Å². The Bertz CT molecular complexity index is 271. The lowest BCUT2D eigenvalue weighted by molar-refractivity contribution is -0.107. The molecule has 0 N–H and O–H groups in total. The zero-order valence-corrected chi connectivity index (χ0v) is 10.00. The fraction of sp³-hybridized carbons (Fsp3) is 0.125. The van der Waals surface area contributed by atoms with Crippen LogP contribution in [-0.4, -0.2) is 6.29 Å². The quantitative estimate of drug-likeness (QED) is 0.577. The molecule has 0 aromatic heterocycles. The van der Waals surface area contributed by atoms with Gasteiger partial charge in [-0.05, 0) is 62.9 Å². The first-order valence-corrected chi connectivity index (χ1v) is 5.27. The Balaban J connectivity index is 2.98. The van der Waals surface area contributed by atoms with E-state index in [0.29, 0.717) is 6.42 Å². The standard InChI is InChI=1S/C8H6I2O/c9-7-2-1-6(3-4-11)8(10)5-7/h1-2,4-5H,3H2. The van der Waals surface area contributed by atoms with Crippen LogP contribution >= 0.6 is 45.2 Å². The summed E-state index contributed by atoms with van der Waals surface area (Å²) in [6.07, 6.45) is 1.46. The first kappa shape index (κ1) is 9.44. The Hall–Kier alpha value is 0.350. The van der Waals surface area contributed by atoms with Gasteiger partial charge in [-0.3, -0.25) is 0 Å². The number of aldehydes is 1. The summed E-state index contributed by atoms with van der Waals surface area (Å²) in [6, 6.07) is 6.08. The third-order valence-electron chi connectivity index (χ3n) is 1.32. The van der Waals surface area contributed by atoms with E-state index < -0.39 is 0 Å². The van der Waals surface area contributed by atoms with Gasteiger partial charge in [-0.1, -0.05) is 6.07 Å². The maximum Gasteiger partial charge on any atom is 0.124 e. The normalized spacial score (nSPS) is 9.64. The van der Waals surface area contributed by atoms with E-state index in [9.17, 15) is 4.79 Å². The molecule has 1 aromatic carbocycles. The predicted octanol–water partition coefficient (Wildman–Crippen LogP) is 2.64. The first-order chi connectivity index (χ1) is 5.24. The van der Waals surface area contributed by atoms with E-state index in [1.807, 2.05) is 12.1 Å². The second kappa shape index (κ2) is 4.39. The topological polar surface area (TPSA) is 17.1 Å². The highest BCUT2D eigenvalue weighted by atomic mass is 127. The third kappa shape index (κ3) is 2.70. The lowest BCUT2D eigenvalue weighted by Gasteiger charge is -1.99. The maximum atomic E-state index is 10.2. The minimum absolute atomic E-state index is 0.523. The van der Waals surface area contributed by atoms with Crippen LogP contribution in [-0.2, 0) is 11.2 Å². The molecule has 0 saturated carbocycles. The number of hydrogen-bond acceptors (Lipinski definition) is 1. The van der Waals surface area contributed by atoms with Crippen molar-refractivity contribution in [3.8, 4) is 0 Å². The van der Waals surface area contributed by atoms with Crippen molar-refractivity contribution in [2.45, 2.75) is 6.42 Å². The smallest absolute Gasteiger partial charge is 0.124 e. The molecule has 11 heavy (non-hydrogen) atoms. The van der Waals surface area contributed by atoms with Crippen LogP contribution in [0.15, 0.2) is 18.2 Å². The summed E-state index contributed by atoms with van der Waals surface area (Å²) in [5.74, 6) is 0. The molecule has 1 rings (SSSR count). The van der Waals surface area contributed by atoms with E-state index >= 15 is 0 Å². The molecule has 0 heterocycles. The number of carbonyl (C=O) groups excluding carboxylic acids is 1. The summed E-state index contributed by atoms with van der Waals surface area (Å²) in [6.45, 7) is 0. The van der Waals surface area contributed by atoms with Gasteiger partial charge in [-0.2, -0.15) is 0 Å². The molecule has 3 heteroatoms. The molecule has 0 amide bonds. The van der Waals surface area contributed by atoms with Crippen molar-refractivity contribution in [3.05, 3.63) is 30.9 Å². The number of hydrogen-bond donors (Lipinski definition) is 0. The van der Waals surface area contributed by atoms with Crippen LogP contribution in [0.4, 0.5) is 0 Å². The van der Waals surface area contributed by atoms with Gasteiger partial charge in [0.1, 0.15) is 6.29 Å². The second-order valence-electron chi connectivity index (χ2n) is 2.11. The minimum atomic E-state index is 0.523. The summed E-state index contributed by atoms with van der Waals surface area (Å²) in [5, 5.41) is 0. The van der Waals surface area contributed by atoms with Crippen LogP contribution in [0, 0.1) is 7.14 Å². The van der Waals surface area contributed by atoms with Crippen LogP contribution in [0.3, 0.4) is 0 Å². The molecule has 0 bridgehead atoms. The van der Waals surface area contributed by atoms with Gasteiger partial charge in [-0.15, -0.1) is 0 Å². The van der Waals surface area contributed by atoms with Crippen LogP contribution in [0.2, 0.25) is 0 Å². The molecular weight excluding hydrogens is 366 g/mol. The van der Waals surface area contributed by atoms with Gasteiger partial charge >= 0.3 is 0 Å². The van der Waals surface area contributed by atoms with Crippen molar-refractivity contribution >= 4 is 51.5 Å². The van der Waals surface area contributed by atoms with Crippen molar-refractivity contribution in [1.82, 2.24) is 0 Å². The lowest BCUT2D eigenvalue weighted by atomic mass is 10.2. The molecule has 0 aliphatic heterocycles. The van der Waals surface area contributed by atoms with Gasteiger partial charge in [0.25, 0.3) is 0 Å². The lowest BCUT2D eigenvalue weighted by Crippen LogP contribution is -1.90. The molecule has 0 unspecified atom stereocenters. The molecule has 0 radical (unpaired) electrons. The van der Waals surface area contributed by atoms with Crippen molar-refractivity contribution in [1.29, 1.82) is 0 Å². The highest BCUT2D eigenvalue weighted by Crippen LogP contribution is 2.15. The largest absolute Gasteiger partial charge is 0.303 e. The van der Waals surface area contributed by atoms with Gasteiger partial charge in [0, 0.05) is 13.6 Å². The zero-order chi connectivity index (χ0) is 8.27. The number of rotatable bonds is 2. The monoisotopic (exact) mass is 372 g/mol. The molecular formula is C8H6I2O. The van der Waals surface area contributed by atoms with Gasteiger partial charge in [0.2, 0.25) is 0 Å². The highest BCUT2D eigenvalue weighted by Gasteiger charge is 1.98. The molecule has 1 aromatic rings. The minimum Gasteiger partial charge on any atom is -0.303 e. The van der Waals surface area contributed by atoms with Crippen LogP contribution in [0.5, 0.6) is 0 Å². The van der Waals surface area contributed by atoms with E-state index in [0.717, 1.165) is 11.8 Å². The van der Waals surface area contributed by atoms with Crippen molar-refractivity contribution in [2.24, 2.45) is 0 Å². The van der Waals surface area contributed by atoms with Crippen molar-refractivity contribution < 1.29 is 4.79 Å². The molecule has 0 saturated heterocycles. The van der Waals surface area contributed by atoms with E-state index in [-0.39, 0.29) is 0 Å². The van der Waals surface area contributed by atoms with E-state index in [1.54, 1.807) is 0 Å². The Morgan fingerprint density at radius 3 is 2.64 bits per heavy atom. The Kier molecular flexibility index (Phi) is 3.77. The summed E-state index contributed by atoms with van der Waals surface area (Å²) in [5.41, 5.74) is 1.11. The summed E-state index contributed by atoms with van der Waals surface area (Å²) < 4.78 is 2.38. The second-order valence-corrected chi connectivity index (χ2v) is 4.51. The van der Waals surface area contributed by atoms with E-state index in [2.05, 4.69) is 51.2 Å². The molecule has 0 atom stereocenters. The Labute approximate surface area is 92.8 Å². The SMILES string of the molecule is O=CCc1ccc(I)cc1I. The Morgan fingerprint density at radius 1 is 1.36 bits per heavy atom. The summed E-state index contributed by atoms with van der Waals surface area (Å²) in [4.78, 5) is 10.2. The van der Waals surface area contributed by atoms with Crippen LogP contribution in [0.1, 0.15) is 5.56 Å². The van der Waals surface area contributed by atoms with E-state index in [4.69, 9.17) is 0 Å². The third-order valence-corrected chi connectivity index (χ3v) is 2.99. The molecule has 58 valence electrons. The average molecular weight is 372 g/mol. The molecule has 0 aliphatic carbocycles. The van der Waals surface area contributed by atoms with Crippen molar-refractivity contribution in [3.63, 3.8) is 0 Å². The van der Waals surface area contributed by atoms with Gasteiger partial charge in [0.05, 0.1) is 0 Å². The number of carbonyl (C=O) groups is 1. The van der Waals surface area contributed by atoms with Crippen LogP contribution < -0.4 is 0 Å². The van der Waals surface area contributed by atoms with Gasteiger partial charge in [0.15, 0.2) is 0 Å². The molecule has 0 spiro atoms. The first-order valence-electron chi connectivity index (χ1n) is 3.11.